The van der Waals surface area contributed by atoms with Crippen molar-refractivity contribution >= 4 is 5.91 Å². The molecule has 0 aromatic carbocycles. The summed E-state index contributed by atoms with van der Waals surface area (Å²) in [6.07, 6.45) is 9.74. The average Bonchev–Trinajstić information content (AvgIpc) is 2.49. The summed E-state index contributed by atoms with van der Waals surface area (Å²) in [5.74, 6) is 0.138. The summed E-state index contributed by atoms with van der Waals surface area (Å²) < 4.78 is 0. The van der Waals surface area contributed by atoms with E-state index in [1.54, 1.807) is 6.20 Å². The smallest absolute Gasteiger partial charge is 0.227 e. The minimum atomic E-state index is -0.312. The van der Waals surface area contributed by atoms with Gasteiger partial charge in [-0.15, -0.1) is 0 Å². The van der Waals surface area contributed by atoms with Gasteiger partial charge < -0.3 is 11.1 Å². The number of nitrogens with one attached hydrogen (secondary N) is 1. The maximum Gasteiger partial charge on any atom is 0.227 e. The molecule has 0 spiro atoms. The Kier molecular flexibility index (Phi) is 4.91. The summed E-state index contributed by atoms with van der Waals surface area (Å²) in [6, 6.07) is 3.94. The molecule has 0 bridgehead atoms. The van der Waals surface area contributed by atoms with E-state index in [1.165, 1.54) is 6.42 Å². The molecule has 0 atom stereocenters. The second-order valence-electron chi connectivity index (χ2n) is 5.41. The number of pyridine rings is 1. The molecule has 0 saturated heterocycles. The lowest BCUT2D eigenvalue weighted by atomic mass is 9.73. The van der Waals surface area contributed by atoms with Crippen molar-refractivity contribution in [2.75, 3.05) is 13.1 Å². The van der Waals surface area contributed by atoms with Crippen molar-refractivity contribution in [3.8, 4) is 0 Å². The summed E-state index contributed by atoms with van der Waals surface area (Å²) >= 11 is 0. The first-order chi connectivity index (χ1) is 9.27. The van der Waals surface area contributed by atoms with Gasteiger partial charge in [0.25, 0.3) is 0 Å². The Morgan fingerprint density at radius 3 is 2.79 bits per heavy atom. The van der Waals surface area contributed by atoms with Crippen LogP contribution in [-0.2, 0) is 11.2 Å². The van der Waals surface area contributed by atoms with Crippen molar-refractivity contribution in [2.45, 2.75) is 38.5 Å². The van der Waals surface area contributed by atoms with Crippen molar-refractivity contribution in [3.05, 3.63) is 30.1 Å². The van der Waals surface area contributed by atoms with Gasteiger partial charge in [0, 0.05) is 25.5 Å². The number of rotatable bonds is 5. The SMILES string of the molecule is NCC1(C(=O)NCCc2cccnc2)CCCCC1. The molecule has 0 unspecified atom stereocenters. The minimum Gasteiger partial charge on any atom is -0.355 e. The molecule has 104 valence electrons. The zero-order chi connectivity index (χ0) is 13.6. The summed E-state index contributed by atoms with van der Waals surface area (Å²) in [5, 5.41) is 3.05. The number of hydrogen-bond donors (Lipinski definition) is 2. The number of amides is 1. The molecule has 1 aliphatic carbocycles. The molecule has 19 heavy (non-hydrogen) atoms. The Morgan fingerprint density at radius 1 is 1.37 bits per heavy atom. The lowest BCUT2D eigenvalue weighted by Crippen LogP contribution is -2.47. The fraction of sp³-hybridized carbons (Fsp3) is 0.600. The fourth-order valence-corrected chi connectivity index (χ4v) is 2.81. The van der Waals surface area contributed by atoms with E-state index in [2.05, 4.69) is 10.3 Å². The molecule has 4 heteroatoms. The highest BCUT2D eigenvalue weighted by Gasteiger charge is 2.37. The molecule has 1 saturated carbocycles. The molecular weight excluding hydrogens is 238 g/mol. The molecule has 4 nitrogen and oxygen atoms in total. The van der Waals surface area contributed by atoms with Crippen molar-refractivity contribution < 1.29 is 4.79 Å². The monoisotopic (exact) mass is 261 g/mol. The minimum absolute atomic E-state index is 0.138. The van der Waals surface area contributed by atoms with Gasteiger partial charge in [-0.3, -0.25) is 9.78 Å². The van der Waals surface area contributed by atoms with Crippen LogP contribution in [0.5, 0.6) is 0 Å². The predicted molar refractivity (Wildman–Crippen MR) is 75.5 cm³/mol. The van der Waals surface area contributed by atoms with E-state index < -0.39 is 0 Å². The first kappa shape index (κ1) is 14.0. The highest BCUT2D eigenvalue weighted by Crippen LogP contribution is 2.35. The van der Waals surface area contributed by atoms with Gasteiger partial charge in [0.05, 0.1) is 5.41 Å². The third-order valence-electron chi connectivity index (χ3n) is 4.11. The molecule has 0 radical (unpaired) electrons. The lowest BCUT2D eigenvalue weighted by Gasteiger charge is -2.34. The second-order valence-corrected chi connectivity index (χ2v) is 5.41. The van der Waals surface area contributed by atoms with E-state index in [-0.39, 0.29) is 11.3 Å². The van der Waals surface area contributed by atoms with Crippen LogP contribution in [0.1, 0.15) is 37.7 Å². The maximum atomic E-state index is 12.3. The van der Waals surface area contributed by atoms with Crippen LogP contribution in [0.4, 0.5) is 0 Å². The lowest BCUT2D eigenvalue weighted by molar-refractivity contribution is -0.132. The molecule has 2 rings (SSSR count). The molecule has 0 aliphatic heterocycles. The maximum absolute atomic E-state index is 12.3. The Morgan fingerprint density at radius 2 is 2.16 bits per heavy atom. The van der Waals surface area contributed by atoms with Gasteiger partial charge in [-0.1, -0.05) is 25.3 Å². The highest BCUT2D eigenvalue weighted by atomic mass is 16.2. The van der Waals surface area contributed by atoms with Gasteiger partial charge in [-0.25, -0.2) is 0 Å². The van der Waals surface area contributed by atoms with E-state index >= 15 is 0 Å². The van der Waals surface area contributed by atoms with Crippen molar-refractivity contribution in [1.82, 2.24) is 10.3 Å². The third kappa shape index (κ3) is 3.53. The summed E-state index contributed by atoms with van der Waals surface area (Å²) in [5.41, 5.74) is 6.69. The zero-order valence-corrected chi connectivity index (χ0v) is 11.4. The van der Waals surface area contributed by atoms with Crippen LogP contribution in [-0.4, -0.2) is 24.0 Å². The predicted octanol–water partition coefficient (Wildman–Crippen LogP) is 1.65. The van der Waals surface area contributed by atoms with Gasteiger partial charge in [0.15, 0.2) is 0 Å². The molecule has 1 fully saturated rings. The van der Waals surface area contributed by atoms with Crippen molar-refractivity contribution in [1.29, 1.82) is 0 Å². The molecular formula is C15H23N3O. The van der Waals surface area contributed by atoms with Gasteiger partial charge >= 0.3 is 0 Å². The topological polar surface area (TPSA) is 68.0 Å². The Balaban J connectivity index is 1.83. The van der Waals surface area contributed by atoms with Gasteiger partial charge in [0.2, 0.25) is 5.91 Å². The van der Waals surface area contributed by atoms with Crippen LogP contribution < -0.4 is 11.1 Å². The van der Waals surface area contributed by atoms with Crippen molar-refractivity contribution in [2.24, 2.45) is 11.1 Å². The molecule has 1 aliphatic rings. The van der Waals surface area contributed by atoms with Gasteiger partial charge in [-0.05, 0) is 30.9 Å². The molecule has 1 amide bonds. The third-order valence-corrected chi connectivity index (χ3v) is 4.11. The first-order valence-electron chi connectivity index (χ1n) is 7.14. The molecule has 1 heterocycles. The molecule has 3 N–H and O–H groups in total. The van der Waals surface area contributed by atoms with Crippen LogP contribution in [0.25, 0.3) is 0 Å². The van der Waals surface area contributed by atoms with E-state index in [4.69, 9.17) is 5.73 Å². The fourth-order valence-electron chi connectivity index (χ4n) is 2.81. The van der Waals surface area contributed by atoms with Crippen LogP contribution >= 0.6 is 0 Å². The Bertz CT molecular complexity index is 399. The normalized spacial score (nSPS) is 17.9. The number of aromatic nitrogens is 1. The highest BCUT2D eigenvalue weighted by molar-refractivity contribution is 5.83. The summed E-state index contributed by atoms with van der Waals surface area (Å²) in [6.45, 7) is 1.12. The Hall–Kier alpha value is -1.42. The average molecular weight is 261 g/mol. The van der Waals surface area contributed by atoms with E-state index in [9.17, 15) is 4.79 Å². The summed E-state index contributed by atoms with van der Waals surface area (Å²) in [7, 11) is 0. The first-order valence-corrected chi connectivity index (χ1v) is 7.14. The van der Waals surface area contributed by atoms with Gasteiger partial charge in [0.1, 0.15) is 0 Å². The number of nitrogens with zero attached hydrogens (tertiary/aromatic N) is 1. The largest absolute Gasteiger partial charge is 0.355 e. The number of hydrogen-bond acceptors (Lipinski definition) is 3. The Labute approximate surface area is 114 Å². The van der Waals surface area contributed by atoms with Crippen LogP contribution in [0.2, 0.25) is 0 Å². The summed E-state index contributed by atoms with van der Waals surface area (Å²) in [4.78, 5) is 16.4. The molecule has 1 aromatic rings. The van der Waals surface area contributed by atoms with Crippen molar-refractivity contribution in [3.63, 3.8) is 0 Å². The van der Waals surface area contributed by atoms with E-state index in [0.29, 0.717) is 13.1 Å². The van der Waals surface area contributed by atoms with Crippen LogP contribution in [0, 0.1) is 5.41 Å². The standard InChI is InChI=1S/C15H23N3O/c16-12-15(7-2-1-3-8-15)14(19)18-10-6-13-5-4-9-17-11-13/h4-5,9,11H,1-3,6-8,10,12,16H2,(H,18,19). The van der Waals surface area contributed by atoms with Crippen LogP contribution in [0.3, 0.4) is 0 Å². The quantitative estimate of drug-likeness (QED) is 0.847. The van der Waals surface area contributed by atoms with Gasteiger partial charge in [-0.2, -0.15) is 0 Å². The second kappa shape index (κ2) is 6.66. The van der Waals surface area contributed by atoms with E-state index in [0.717, 1.165) is 37.7 Å². The van der Waals surface area contributed by atoms with Crippen LogP contribution in [0.15, 0.2) is 24.5 Å². The number of carbonyl (C=O) groups is 1. The molecule has 1 aromatic heterocycles. The zero-order valence-electron chi connectivity index (χ0n) is 11.4. The number of nitrogens with two attached hydrogens (primary N) is 1. The van der Waals surface area contributed by atoms with E-state index in [1.807, 2.05) is 18.3 Å². The number of carbonyl (C=O) groups excluding carboxylic acids is 1.